The minimum Gasteiger partial charge on any atom is -0.465 e. The average molecular weight is 326 g/mol. The molecular weight excluding hydrogens is 296 g/mol. The number of carbonyl (C=O) groups is 2. The highest BCUT2D eigenvalue weighted by molar-refractivity contribution is 5.78. The minimum absolute atomic E-state index is 0.124. The Bertz CT molecular complexity index is 415. The van der Waals surface area contributed by atoms with E-state index in [-0.39, 0.29) is 30.1 Å². The van der Waals surface area contributed by atoms with Crippen molar-refractivity contribution >= 4 is 11.9 Å². The van der Waals surface area contributed by atoms with Crippen LogP contribution in [0.5, 0.6) is 0 Å². The number of likely N-dealkylation sites (N-methyl/N-ethyl adjacent to an activating group) is 2. The van der Waals surface area contributed by atoms with Crippen LogP contribution in [0.3, 0.4) is 0 Å². The lowest BCUT2D eigenvalue weighted by Crippen LogP contribution is -2.37. The Morgan fingerprint density at radius 3 is 2.57 bits per heavy atom. The smallest absolute Gasteiger partial charge is 0.323 e. The van der Waals surface area contributed by atoms with Gasteiger partial charge in [0, 0.05) is 13.0 Å². The fraction of sp³-hybridized carbons (Fsp3) is 0.882. The predicted molar refractivity (Wildman–Crippen MR) is 87.1 cm³/mol. The Morgan fingerprint density at radius 1 is 1.17 bits per heavy atom. The van der Waals surface area contributed by atoms with E-state index in [0.29, 0.717) is 19.6 Å². The van der Waals surface area contributed by atoms with E-state index < -0.39 is 0 Å². The van der Waals surface area contributed by atoms with Crippen molar-refractivity contribution in [2.24, 2.45) is 0 Å². The van der Waals surface area contributed by atoms with Gasteiger partial charge in [-0.2, -0.15) is 0 Å². The predicted octanol–water partition coefficient (Wildman–Crippen LogP) is 1.43. The molecule has 0 spiro atoms. The fourth-order valence-electron chi connectivity index (χ4n) is 3.41. The molecule has 3 atom stereocenters. The largest absolute Gasteiger partial charge is 0.465 e. The molecule has 2 aliphatic heterocycles. The Labute approximate surface area is 139 Å². The van der Waals surface area contributed by atoms with E-state index in [1.165, 1.54) is 0 Å². The van der Waals surface area contributed by atoms with Crippen molar-refractivity contribution < 1.29 is 19.1 Å². The van der Waals surface area contributed by atoms with Crippen LogP contribution in [0.25, 0.3) is 0 Å². The Balaban J connectivity index is 1.85. The van der Waals surface area contributed by atoms with Crippen LogP contribution in [-0.2, 0) is 19.1 Å². The summed E-state index contributed by atoms with van der Waals surface area (Å²) in [7, 11) is 1.96. The number of carbonyl (C=O) groups excluding carboxylic acids is 2. The van der Waals surface area contributed by atoms with Gasteiger partial charge >= 0.3 is 11.9 Å². The highest BCUT2D eigenvalue weighted by Gasteiger charge is 2.40. The normalized spacial score (nSPS) is 28.9. The first-order chi connectivity index (χ1) is 11.1. The van der Waals surface area contributed by atoms with E-state index in [4.69, 9.17) is 9.47 Å². The Morgan fingerprint density at radius 2 is 1.96 bits per heavy atom. The van der Waals surface area contributed by atoms with Crippen LogP contribution >= 0.6 is 0 Å². The van der Waals surface area contributed by atoms with Crippen molar-refractivity contribution in [3.05, 3.63) is 0 Å². The van der Waals surface area contributed by atoms with Gasteiger partial charge < -0.3 is 9.47 Å². The molecule has 132 valence electrons. The molecule has 6 nitrogen and oxygen atoms in total. The molecule has 2 fully saturated rings. The maximum atomic E-state index is 12.3. The lowest BCUT2D eigenvalue weighted by molar-refractivity contribution is -0.154. The number of hydrogen-bond donors (Lipinski definition) is 0. The molecule has 0 amide bonds. The zero-order valence-electron chi connectivity index (χ0n) is 14.6. The lowest BCUT2D eigenvalue weighted by atomic mass is 10.2. The van der Waals surface area contributed by atoms with Crippen molar-refractivity contribution in [2.45, 2.75) is 64.1 Å². The lowest BCUT2D eigenvalue weighted by Gasteiger charge is -2.21. The maximum absolute atomic E-state index is 12.3. The summed E-state index contributed by atoms with van der Waals surface area (Å²) in [4.78, 5) is 28.6. The number of nitrogens with zero attached hydrogens (tertiary/aromatic N) is 2. The van der Waals surface area contributed by atoms with Crippen LogP contribution < -0.4 is 0 Å². The van der Waals surface area contributed by atoms with Crippen molar-refractivity contribution in [3.8, 4) is 0 Å². The summed E-state index contributed by atoms with van der Waals surface area (Å²) >= 11 is 0. The molecule has 0 aliphatic carbocycles. The first-order valence-corrected chi connectivity index (χ1v) is 8.88. The summed E-state index contributed by atoms with van der Waals surface area (Å²) in [5.41, 5.74) is 0. The van der Waals surface area contributed by atoms with Crippen LogP contribution in [0.1, 0.15) is 46.0 Å². The molecule has 2 heterocycles. The van der Waals surface area contributed by atoms with Crippen LogP contribution in [0, 0.1) is 0 Å². The molecule has 2 aliphatic rings. The third kappa shape index (κ3) is 4.67. The second-order valence-corrected chi connectivity index (χ2v) is 6.56. The van der Waals surface area contributed by atoms with Gasteiger partial charge in [-0.3, -0.25) is 19.4 Å². The van der Waals surface area contributed by atoms with Gasteiger partial charge in [0.1, 0.15) is 18.2 Å². The van der Waals surface area contributed by atoms with Gasteiger partial charge in [0.15, 0.2) is 0 Å². The molecule has 0 N–H and O–H groups in total. The van der Waals surface area contributed by atoms with Gasteiger partial charge in [-0.15, -0.1) is 0 Å². The third-order valence-corrected chi connectivity index (χ3v) is 4.86. The molecule has 2 rings (SSSR count). The summed E-state index contributed by atoms with van der Waals surface area (Å²) in [6.07, 6.45) is 4.12. The van der Waals surface area contributed by atoms with Crippen LogP contribution in [0.15, 0.2) is 0 Å². The summed E-state index contributed by atoms with van der Waals surface area (Å²) in [5.74, 6) is -0.331. The van der Waals surface area contributed by atoms with E-state index in [1.807, 2.05) is 23.8 Å². The SMILES string of the molecule is CCCCOC(=O)C1CC(OC(=O)C2CCCN2C)CN1CC. The number of rotatable bonds is 7. The van der Waals surface area contributed by atoms with Gasteiger partial charge in [-0.25, -0.2) is 0 Å². The molecule has 6 heteroatoms. The summed E-state index contributed by atoms with van der Waals surface area (Å²) in [6.45, 7) is 6.87. The van der Waals surface area contributed by atoms with E-state index in [2.05, 4.69) is 6.92 Å². The molecule has 0 saturated carbocycles. The highest BCUT2D eigenvalue weighted by Crippen LogP contribution is 2.24. The average Bonchev–Trinajstić information content (AvgIpc) is 3.13. The number of ether oxygens (including phenoxy) is 2. The van der Waals surface area contributed by atoms with Crippen molar-refractivity contribution in [3.63, 3.8) is 0 Å². The second-order valence-electron chi connectivity index (χ2n) is 6.56. The molecule has 0 aromatic heterocycles. The zero-order valence-corrected chi connectivity index (χ0v) is 14.6. The topological polar surface area (TPSA) is 59.1 Å². The highest BCUT2D eigenvalue weighted by atomic mass is 16.6. The minimum atomic E-state index is -0.282. The molecule has 3 unspecified atom stereocenters. The van der Waals surface area contributed by atoms with E-state index in [1.54, 1.807) is 0 Å². The van der Waals surface area contributed by atoms with E-state index >= 15 is 0 Å². The summed E-state index contributed by atoms with van der Waals surface area (Å²) in [6, 6.07) is -0.406. The van der Waals surface area contributed by atoms with Crippen molar-refractivity contribution in [1.29, 1.82) is 0 Å². The van der Waals surface area contributed by atoms with Crippen molar-refractivity contribution in [1.82, 2.24) is 9.80 Å². The van der Waals surface area contributed by atoms with Gasteiger partial charge in [0.05, 0.1) is 6.61 Å². The van der Waals surface area contributed by atoms with Gasteiger partial charge in [0.2, 0.25) is 0 Å². The quantitative estimate of drug-likeness (QED) is 0.521. The van der Waals surface area contributed by atoms with E-state index in [0.717, 1.165) is 38.8 Å². The van der Waals surface area contributed by atoms with Gasteiger partial charge in [-0.1, -0.05) is 20.3 Å². The maximum Gasteiger partial charge on any atom is 0.323 e. The molecule has 0 aromatic carbocycles. The summed E-state index contributed by atoms with van der Waals surface area (Å²) in [5, 5.41) is 0. The number of esters is 2. The first kappa shape index (κ1) is 18.2. The molecule has 23 heavy (non-hydrogen) atoms. The molecule has 0 bridgehead atoms. The second kappa shape index (κ2) is 8.64. The zero-order chi connectivity index (χ0) is 16.8. The monoisotopic (exact) mass is 326 g/mol. The van der Waals surface area contributed by atoms with Crippen LogP contribution in [0.2, 0.25) is 0 Å². The van der Waals surface area contributed by atoms with Crippen LogP contribution in [0.4, 0.5) is 0 Å². The fourth-order valence-corrected chi connectivity index (χ4v) is 3.41. The summed E-state index contributed by atoms with van der Waals surface area (Å²) < 4.78 is 11.0. The number of likely N-dealkylation sites (tertiary alicyclic amines) is 2. The Kier molecular flexibility index (Phi) is 6.84. The first-order valence-electron chi connectivity index (χ1n) is 8.88. The third-order valence-electron chi connectivity index (χ3n) is 4.86. The molecule has 0 radical (unpaired) electrons. The van der Waals surface area contributed by atoms with Gasteiger partial charge in [0.25, 0.3) is 0 Å². The van der Waals surface area contributed by atoms with Crippen LogP contribution in [-0.4, -0.2) is 73.2 Å². The molecular formula is C17H30N2O4. The number of unbranched alkanes of at least 4 members (excludes halogenated alkanes) is 1. The molecule has 2 saturated heterocycles. The Hall–Kier alpha value is -1.14. The van der Waals surface area contributed by atoms with Gasteiger partial charge in [-0.05, 0) is 39.4 Å². The van der Waals surface area contributed by atoms with Crippen molar-refractivity contribution in [2.75, 3.05) is 33.3 Å². The standard InChI is InChI=1S/C17H30N2O4/c1-4-6-10-22-16(20)15-11-13(12-19(15)5-2)23-17(21)14-8-7-9-18(14)3/h13-15H,4-12H2,1-3H3. The van der Waals surface area contributed by atoms with E-state index in [9.17, 15) is 9.59 Å². The molecule has 0 aromatic rings. The number of hydrogen-bond acceptors (Lipinski definition) is 6.